The first-order chi connectivity index (χ1) is 24.3. The predicted octanol–water partition coefficient (Wildman–Crippen LogP) is 12.1. The van der Waals surface area contributed by atoms with Gasteiger partial charge in [0.2, 0.25) is 0 Å². The van der Waals surface area contributed by atoms with Crippen molar-refractivity contribution in [2.75, 3.05) is 0 Å². The SMILES string of the molecule is c1ccc(-n2c3ccccc3c3cc(-c4ccc5c(c4)cc4c6ccccc6c6c(c7ccccc7n6-c6ccccc6)n54)ccc32)cc1. The number of pyridine rings is 1. The molecule has 49 heavy (non-hydrogen) atoms. The van der Waals surface area contributed by atoms with Crippen LogP contribution >= 0.6 is 0 Å². The summed E-state index contributed by atoms with van der Waals surface area (Å²) >= 11 is 0. The molecule has 0 unspecified atom stereocenters. The van der Waals surface area contributed by atoms with Gasteiger partial charge in [-0.2, -0.15) is 0 Å². The molecule has 11 rings (SSSR count). The zero-order valence-electron chi connectivity index (χ0n) is 26.6. The van der Waals surface area contributed by atoms with E-state index in [2.05, 4.69) is 189 Å². The summed E-state index contributed by atoms with van der Waals surface area (Å²) in [4.78, 5) is 0. The van der Waals surface area contributed by atoms with E-state index in [9.17, 15) is 0 Å². The molecule has 0 fully saturated rings. The van der Waals surface area contributed by atoms with E-state index < -0.39 is 0 Å². The Kier molecular flexibility index (Phi) is 5.38. The van der Waals surface area contributed by atoms with Crippen LogP contribution in [0.3, 0.4) is 0 Å². The number of hydrogen-bond acceptors (Lipinski definition) is 0. The van der Waals surface area contributed by atoms with E-state index in [0.717, 1.165) is 0 Å². The van der Waals surface area contributed by atoms with Crippen LogP contribution in [0.4, 0.5) is 0 Å². The van der Waals surface area contributed by atoms with Gasteiger partial charge < -0.3 is 13.5 Å². The summed E-state index contributed by atoms with van der Waals surface area (Å²) in [6.45, 7) is 0. The molecule has 0 saturated carbocycles. The Morgan fingerprint density at radius 3 is 1.51 bits per heavy atom. The molecule has 0 amide bonds. The zero-order chi connectivity index (χ0) is 32.1. The third-order valence-electron chi connectivity index (χ3n) is 10.4. The van der Waals surface area contributed by atoms with E-state index >= 15 is 0 Å². The van der Waals surface area contributed by atoms with Crippen molar-refractivity contribution < 1.29 is 0 Å². The van der Waals surface area contributed by atoms with E-state index in [1.807, 2.05) is 0 Å². The topological polar surface area (TPSA) is 14.3 Å². The highest BCUT2D eigenvalue weighted by Crippen LogP contribution is 2.42. The number of aromatic nitrogens is 3. The van der Waals surface area contributed by atoms with Crippen molar-refractivity contribution in [3.63, 3.8) is 0 Å². The summed E-state index contributed by atoms with van der Waals surface area (Å²) in [5.74, 6) is 0. The van der Waals surface area contributed by atoms with Crippen molar-refractivity contribution in [2.45, 2.75) is 0 Å². The molecule has 0 radical (unpaired) electrons. The van der Waals surface area contributed by atoms with E-state index in [-0.39, 0.29) is 0 Å². The molecule has 0 saturated heterocycles. The van der Waals surface area contributed by atoms with Gasteiger partial charge >= 0.3 is 0 Å². The maximum Gasteiger partial charge on any atom is 0.0803 e. The summed E-state index contributed by atoms with van der Waals surface area (Å²) in [7, 11) is 0. The van der Waals surface area contributed by atoms with Crippen LogP contribution in [0.15, 0.2) is 176 Å². The van der Waals surface area contributed by atoms with E-state index in [4.69, 9.17) is 0 Å². The molecule has 3 heteroatoms. The first kappa shape index (κ1) is 26.5. The third-order valence-corrected chi connectivity index (χ3v) is 10.4. The lowest BCUT2D eigenvalue weighted by molar-refractivity contribution is 1.18. The molecule has 0 aliphatic heterocycles. The third kappa shape index (κ3) is 3.67. The van der Waals surface area contributed by atoms with Crippen LogP contribution in [0.5, 0.6) is 0 Å². The molecule has 4 aromatic heterocycles. The van der Waals surface area contributed by atoms with Gasteiger partial charge in [0.05, 0.1) is 38.6 Å². The highest BCUT2D eigenvalue weighted by atomic mass is 15.0. The molecular formula is C46H29N3. The second-order valence-corrected chi connectivity index (χ2v) is 13.0. The Bertz CT molecular complexity index is 3090. The Balaban J connectivity index is 1.19. The molecule has 0 N–H and O–H groups in total. The smallest absolute Gasteiger partial charge is 0.0803 e. The van der Waals surface area contributed by atoms with Crippen LogP contribution in [0.1, 0.15) is 0 Å². The van der Waals surface area contributed by atoms with Crippen molar-refractivity contribution in [1.82, 2.24) is 13.5 Å². The first-order valence-electron chi connectivity index (χ1n) is 16.9. The van der Waals surface area contributed by atoms with E-state index in [1.165, 1.54) is 93.4 Å². The van der Waals surface area contributed by atoms with Gasteiger partial charge in [0.25, 0.3) is 0 Å². The van der Waals surface area contributed by atoms with Gasteiger partial charge in [-0.05, 0) is 77.9 Å². The Morgan fingerprint density at radius 1 is 0.286 bits per heavy atom. The number of para-hydroxylation sites is 4. The van der Waals surface area contributed by atoms with Gasteiger partial charge in [0, 0.05) is 43.7 Å². The number of benzene rings is 7. The average molecular weight is 624 g/mol. The van der Waals surface area contributed by atoms with E-state index in [1.54, 1.807) is 0 Å². The van der Waals surface area contributed by atoms with Gasteiger partial charge in [-0.3, -0.25) is 0 Å². The Morgan fingerprint density at radius 2 is 0.796 bits per heavy atom. The lowest BCUT2D eigenvalue weighted by Crippen LogP contribution is -1.96. The fourth-order valence-corrected chi connectivity index (χ4v) is 8.30. The van der Waals surface area contributed by atoms with Crippen LogP contribution in [-0.4, -0.2) is 13.5 Å². The average Bonchev–Trinajstić information content (AvgIpc) is 3.83. The summed E-state index contributed by atoms with van der Waals surface area (Å²) in [6, 6.07) is 64.1. The zero-order valence-corrected chi connectivity index (χ0v) is 26.6. The summed E-state index contributed by atoms with van der Waals surface area (Å²) < 4.78 is 7.31. The second kappa shape index (κ2) is 9.96. The highest BCUT2D eigenvalue weighted by molar-refractivity contribution is 6.22. The molecular weight excluding hydrogens is 595 g/mol. The molecule has 11 aromatic rings. The standard InChI is InChI=1S/C46H29N3/c1-3-13-33(14-4-1)47-41-21-11-9-18-36(41)39-28-31(24-26-43(39)47)30-23-25-40-32(27-30)29-44-35-17-7-8-19-37(35)45-46(49(40)44)38-20-10-12-22-42(38)48(45)34-15-5-2-6-16-34/h1-29H. The van der Waals surface area contributed by atoms with E-state index in [0.29, 0.717) is 0 Å². The summed E-state index contributed by atoms with van der Waals surface area (Å²) in [5.41, 5.74) is 13.4. The van der Waals surface area contributed by atoms with Gasteiger partial charge in [-0.1, -0.05) is 109 Å². The maximum absolute atomic E-state index is 2.50. The highest BCUT2D eigenvalue weighted by Gasteiger charge is 2.21. The van der Waals surface area contributed by atoms with Crippen LogP contribution in [0, 0.1) is 0 Å². The maximum atomic E-state index is 2.50. The van der Waals surface area contributed by atoms with Crippen molar-refractivity contribution >= 4 is 70.9 Å². The molecule has 0 aliphatic carbocycles. The molecule has 0 bridgehead atoms. The molecule has 7 aromatic carbocycles. The van der Waals surface area contributed by atoms with Gasteiger partial charge in [0.1, 0.15) is 0 Å². The molecule has 3 nitrogen and oxygen atoms in total. The van der Waals surface area contributed by atoms with Crippen molar-refractivity contribution in [2.24, 2.45) is 0 Å². The second-order valence-electron chi connectivity index (χ2n) is 13.0. The van der Waals surface area contributed by atoms with Gasteiger partial charge in [-0.25, -0.2) is 0 Å². The first-order valence-corrected chi connectivity index (χ1v) is 16.9. The number of nitrogens with zero attached hydrogens (tertiary/aromatic N) is 3. The van der Waals surface area contributed by atoms with Gasteiger partial charge in [0.15, 0.2) is 0 Å². The minimum Gasteiger partial charge on any atom is -0.309 e. The molecule has 228 valence electrons. The summed E-state index contributed by atoms with van der Waals surface area (Å²) in [6.07, 6.45) is 0. The lowest BCUT2D eigenvalue weighted by atomic mass is 10.0. The fourth-order valence-electron chi connectivity index (χ4n) is 8.30. The monoisotopic (exact) mass is 623 g/mol. The molecule has 0 aliphatic rings. The molecule has 0 spiro atoms. The lowest BCUT2D eigenvalue weighted by Gasteiger charge is -2.12. The quantitative estimate of drug-likeness (QED) is 0.186. The number of hydrogen-bond donors (Lipinski definition) is 0. The van der Waals surface area contributed by atoms with Crippen LogP contribution < -0.4 is 0 Å². The predicted molar refractivity (Wildman–Crippen MR) is 207 cm³/mol. The molecule has 0 atom stereocenters. The van der Waals surface area contributed by atoms with Crippen molar-refractivity contribution in [3.05, 3.63) is 176 Å². The summed E-state index contributed by atoms with van der Waals surface area (Å²) in [5, 5.41) is 7.52. The van der Waals surface area contributed by atoms with Crippen molar-refractivity contribution in [3.8, 4) is 22.5 Å². The van der Waals surface area contributed by atoms with Gasteiger partial charge in [-0.15, -0.1) is 0 Å². The van der Waals surface area contributed by atoms with Crippen molar-refractivity contribution in [1.29, 1.82) is 0 Å². The minimum atomic E-state index is 1.17. The largest absolute Gasteiger partial charge is 0.309 e. The minimum absolute atomic E-state index is 1.17. The number of rotatable bonds is 3. The normalized spacial score (nSPS) is 12.1. The number of fused-ring (bicyclic) bond motifs is 13. The fraction of sp³-hybridized carbons (Fsp3) is 0. The molecule has 4 heterocycles. The Labute approximate surface area is 282 Å². The van der Waals surface area contributed by atoms with Crippen LogP contribution in [0.25, 0.3) is 93.4 Å². The Hall–Kier alpha value is -6.58. The van der Waals surface area contributed by atoms with Crippen LogP contribution in [-0.2, 0) is 0 Å². The van der Waals surface area contributed by atoms with Crippen LogP contribution in [0.2, 0.25) is 0 Å².